The number of rotatable bonds is 5. The minimum Gasteiger partial charge on any atom is -0.496 e. The molecule has 29 heavy (non-hydrogen) atoms. The van der Waals surface area contributed by atoms with Crippen molar-refractivity contribution in [2.75, 3.05) is 20.2 Å². The summed E-state index contributed by atoms with van der Waals surface area (Å²) >= 11 is 1.24. The van der Waals surface area contributed by atoms with Crippen LogP contribution in [0, 0.1) is 0 Å². The van der Waals surface area contributed by atoms with E-state index in [1.165, 1.54) is 41.0 Å². The molecule has 0 bridgehead atoms. The van der Waals surface area contributed by atoms with Crippen molar-refractivity contribution in [3.8, 4) is 5.75 Å². The molecule has 0 spiro atoms. The second kappa shape index (κ2) is 9.38. The number of methoxy groups -OCH3 is 1. The highest BCUT2D eigenvalue weighted by atomic mass is 32.2. The van der Waals surface area contributed by atoms with Crippen LogP contribution in [0.25, 0.3) is 0 Å². The molecule has 1 aromatic heterocycles. The largest absolute Gasteiger partial charge is 0.496 e. The van der Waals surface area contributed by atoms with Gasteiger partial charge in [0.1, 0.15) is 5.75 Å². The molecule has 1 aromatic carbocycles. The second-order valence-corrected chi connectivity index (χ2v) is 9.45. The predicted octanol–water partition coefficient (Wildman–Crippen LogP) is 2.40. The molecule has 0 unspecified atom stereocenters. The summed E-state index contributed by atoms with van der Waals surface area (Å²) in [4.78, 5) is 25.1. The monoisotopic (exact) mass is 437 g/mol. The third-order valence-corrected chi connectivity index (χ3v) is 7.42. The first-order valence-corrected chi connectivity index (χ1v) is 11.6. The first-order valence-electron chi connectivity index (χ1n) is 9.26. The number of carbonyl (C=O) groups is 2. The van der Waals surface area contributed by atoms with Crippen molar-refractivity contribution < 1.29 is 22.7 Å². The summed E-state index contributed by atoms with van der Waals surface area (Å²) in [6, 6.07) is 7.51. The summed E-state index contributed by atoms with van der Waals surface area (Å²) in [7, 11) is -2.33. The first-order chi connectivity index (χ1) is 13.9. The highest BCUT2D eigenvalue weighted by Crippen LogP contribution is 2.26. The molecule has 2 N–H and O–H groups in total. The number of hydrazine groups is 1. The van der Waals surface area contributed by atoms with Gasteiger partial charge in [0.25, 0.3) is 11.8 Å². The van der Waals surface area contributed by atoms with Gasteiger partial charge in [-0.15, -0.1) is 11.3 Å². The Hall–Kier alpha value is -2.43. The third-order valence-electron chi connectivity index (χ3n) is 4.65. The van der Waals surface area contributed by atoms with Gasteiger partial charge in [-0.3, -0.25) is 20.4 Å². The van der Waals surface area contributed by atoms with Crippen LogP contribution >= 0.6 is 11.3 Å². The molecule has 0 atom stereocenters. The number of benzene rings is 1. The molecular weight excluding hydrogens is 414 g/mol. The minimum absolute atomic E-state index is 0.0230. The number of amides is 2. The van der Waals surface area contributed by atoms with E-state index in [9.17, 15) is 18.0 Å². The Kier molecular flexibility index (Phi) is 6.88. The molecule has 2 amide bonds. The van der Waals surface area contributed by atoms with E-state index in [1.54, 1.807) is 17.5 Å². The standard InChI is InChI=1S/C19H23N3O5S2/c1-27-16-9-8-14(29(25,26)22-10-4-2-3-5-11-22)13-15(16)18(23)20-21-19(24)17-7-6-12-28-17/h6-9,12-13H,2-5,10-11H2,1H3,(H,20,23)(H,21,24). The molecular formula is C19H23N3O5S2. The average molecular weight is 438 g/mol. The van der Waals surface area contributed by atoms with Gasteiger partial charge in [0, 0.05) is 13.1 Å². The molecule has 2 aromatic rings. The van der Waals surface area contributed by atoms with Crippen molar-refractivity contribution in [1.82, 2.24) is 15.2 Å². The molecule has 10 heteroatoms. The van der Waals surface area contributed by atoms with Crippen LogP contribution in [0.3, 0.4) is 0 Å². The van der Waals surface area contributed by atoms with Gasteiger partial charge in [0.05, 0.1) is 22.4 Å². The summed E-state index contributed by atoms with van der Waals surface area (Å²) in [6.07, 6.45) is 3.65. The molecule has 8 nitrogen and oxygen atoms in total. The van der Waals surface area contributed by atoms with Crippen molar-refractivity contribution in [2.24, 2.45) is 0 Å². The number of nitrogens with one attached hydrogen (secondary N) is 2. The van der Waals surface area contributed by atoms with Gasteiger partial charge < -0.3 is 4.74 Å². The van der Waals surface area contributed by atoms with Crippen LogP contribution in [-0.4, -0.2) is 44.7 Å². The number of carbonyl (C=O) groups excluding carboxylic acids is 2. The van der Waals surface area contributed by atoms with Crippen LogP contribution < -0.4 is 15.6 Å². The number of sulfonamides is 1. The number of hydrogen-bond donors (Lipinski definition) is 2. The molecule has 2 heterocycles. The highest BCUT2D eigenvalue weighted by molar-refractivity contribution is 7.89. The summed E-state index contributed by atoms with van der Waals surface area (Å²) < 4.78 is 32.7. The number of thiophene rings is 1. The van der Waals surface area contributed by atoms with Crippen LogP contribution in [0.15, 0.2) is 40.6 Å². The molecule has 0 saturated carbocycles. The van der Waals surface area contributed by atoms with E-state index in [0.29, 0.717) is 18.0 Å². The molecule has 0 aliphatic carbocycles. The zero-order valence-corrected chi connectivity index (χ0v) is 17.6. The van der Waals surface area contributed by atoms with E-state index < -0.39 is 21.8 Å². The van der Waals surface area contributed by atoms with Crippen LogP contribution in [0.1, 0.15) is 45.7 Å². The third kappa shape index (κ3) is 4.95. The normalized spacial score (nSPS) is 15.3. The smallest absolute Gasteiger partial charge is 0.279 e. The van der Waals surface area contributed by atoms with Crippen molar-refractivity contribution in [3.05, 3.63) is 46.2 Å². The topological polar surface area (TPSA) is 105 Å². The zero-order chi connectivity index (χ0) is 20.9. The van der Waals surface area contributed by atoms with Gasteiger partial charge >= 0.3 is 0 Å². The lowest BCUT2D eigenvalue weighted by atomic mass is 10.2. The predicted molar refractivity (Wildman–Crippen MR) is 109 cm³/mol. The fourth-order valence-electron chi connectivity index (χ4n) is 3.11. The van der Waals surface area contributed by atoms with Crippen LogP contribution in [0.4, 0.5) is 0 Å². The molecule has 1 aliphatic heterocycles. The maximum absolute atomic E-state index is 13.0. The van der Waals surface area contributed by atoms with Gasteiger partial charge in [-0.1, -0.05) is 18.9 Å². The summed E-state index contributed by atoms with van der Waals surface area (Å²) in [5, 5.41) is 1.75. The van der Waals surface area contributed by atoms with Gasteiger partial charge in [-0.25, -0.2) is 8.42 Å². The number of nitrogens with zero attached hydrogens (tertiary/aromatic N) is 1. The van der Waals surface area contributed by atoms with E-state index in [4.69, 9.17) is 4.74 Å². The van der Waals surface area contributed by atoms with Crippen molar-refractivity contribution in [2.45, 2.75) is 30.6 Å². The summed E-state index contributed by atoms with van der Waals surface area (Å²) in [5.74, 6) is -0.914. The van der Waals surface area contributed by atoms with E-state index in [1.807, 2.05) is 0 Å². The van der Waals surface area contributed by atoms with E-state index in [0.717, 1.165) is 25.7 Å². The fraction of sp³-hybridized carbons (Fsp3) is 0.368. The van der Waals surface area contributed by atoms with Crippen molar-refractivity contribution in [1.29, 1.82) is 0 Å². The molecule has 1 aliphatic rings. The SMILES string of the molecule is COc1ccc(S(=O)(=O)N2CCCCCC2)cc1C(=O)NNC(=O)c1cccs1. The lowest BCUT2D eigenvalue weighted by Gasteiger charge is -2.20. The quantitative estimate of drug-likeness (QED) is 0.699. The van der Waals surface area contributed by atoms with E-state index in [-0.39, 0.29) is 16.2 Å². The van der Waals surface area contributed by atoms with E-state index >= 15 is 0 Å². The summed E-state index contributed by atoms with van der Waals surface area (Å²) in [6.45, 7) is 0.930. The fourth-order valence-corrected chi connectivity index (χ4v) is 5.27. The van der Waals surface area contributed by atoms with Gasteiger partial charge in [-0.2, -0.15) is 4.31 Å². The maximum Gasteiger partial charge on any atom is 0.279 e. The summed E-state index contributed by atoms with van der Waals surface area (Å²) in [5.41, 5.74) is 4.65. The first kappa shape index (κ1) is 21.3. The van der Waals surface area contributed by atoms with Crippen LogP contribution in [0.5, 0.6) is 5.75 Å². The Morgan fingerprint density at radius 3 is 2.34 bits per heavy atom. The molecule has 1 saturated heterocycles. The lowest BCUT2D eigenvalue weighted by molar-refractivity contribution is 0.0847. The number of hydrogen-bond acceptors (Lipinski definition) is 6. The van der Waals surface area contributed by atoms with Crippen LogP contribution in [-0.2, 0) is 10.0 Å². The Balaban J connectivity index is 1.80. The van der Waals surface area contributed by atoms with Crippen molar-refractivity contribution in [3.63, 3.8) is 0 Å². The van der Waals surface area contributed by atoms with E-state index in [2.05, 4.69) is 10.9 Å². The van der Waals surface area contributed by atoms with Gasteiger partial charge in [-0.05, 0) is 42.5 Å². The molecule has 156 valence electrons. The second-order valence-electron chi connectivity index (χ2n) is 6.57. The minimum atomic E-state index is -3.72. The number of ether oxygens (including phenoxy) is 1. The van der Waals surface area contributed by atoms with Gasteiger partial charge in [0.15, 0.2) is 0 Å². The Labute approximate surface area is 173 Å². The Morgan fingerprint density at radius 2 is 1.72 bits per heavy atom. The van der Waals surface area contributed by atoms with Crippen molar-refractivity contribution >= 4 is 33.2 Å². The Morgan fingerprint density at radius 1 is 1.03 bits per heavy atom. The van der Waals surface area contributed by atoms with Gasteiger partial charge in [0.2, 0.25) is 10.0 Å². The molecule has 1 fully saturated rings. The van der Waals surface area contributed by atoms with Crippen LogP contribution in [0.2, 0.25) is 0 Å². The highest BCUT2D eigenvalue weighted by Gasteiger charge is 2.27. The zero-order valence-electron chi connectivity index (χ0n) is 16.0. The average Bonchev–Trinajstić information content (AvgIpc) is 3.13. The molecule has 3 rings (SSSR count). The Bertz CT molecular complexity index is 966. The maximum atomic E-state index is 13.0. The lowest BCUT2D eigenvalue weighted by Crippen LogP contribution is -2.41. The molecule has 0 radical (unpaired) electrons.